The van der Waals surface area contributed by atoms with Crippen LogP contribution in [0.1, 0.15) is 32.1 Å². The van der Waals surface area contributed by atoms with Crippen LogP contribution >= 0.6 is 0 Å². The monoisotopic (exact) mass is 269 g/mol. The van der Waals surface area contributed by atoms with Crippen molar-refractivity contribution in [3.8, 4) is 0 Å². The molecule has 0 aromatic heterocycles. The minimum atomic E-state index is -0.873. The quantitative estimate of drug-likeness (QED) is 0.643. The Morgan fingerprint density at radius 2 is 2.00 bits per heavy atom. The van der Waals surface area contributed by atoms with Gasteiger partial charge < -0.3 is 15.7 Å². The number of rotatable bonds is 5. The van der Waals surface area contributed by atoms with Crippen LogP contribution in [0.4, 0.5) is 0 Å². The smallest absolute Gasteiger partial charge is 0.305 e. The molecule has 0 spiro atoms. The minimum Gasteiger partial charge on any atom is -0.481 e. The molecule has 2 saturated heterocycles. The lowest BCUT2D eigenvalue weighted by molar-refractivity contribution is -0.137. The highest BCUT2D eigenvalue weighted by molar-refractivity contribution is 5.82. The number of hydrogen-bond donors (Lipinski definition) is 3. The maximum atomic E-state index is 12.1. The third-order valence-corrected chi connectivity index (χ3v) is 4.01. The molecular formula is C13H23N3O3. The highest BCUT2D eigenvalue weighted by Gasteiger charge is 2.35. The molecular weight excluding hydrogens is 246 g/mol. The van der Waals surface area contributed by atoms with Gasteiger partial charge in [-0.15, -0.1) is 0 Å². The molecule has 6 nitrogen and oxygen atoms in total. The Morgan fingerprint density at radius 3 is 2.68 bits per heavy atom. The van der Waals surface area contributed by atoms with Gasteiger partial charge >= 0.3 is 5.97 Å². The van der Waals surface area contributed by atoms with Crippen molar-refractivity contribution in [3.05, 3.63) is 0 Å². The van der Waals surface area contributed by atoms with E-state index in [1.165, 1.54) is 0 Å². The van der Waals surface area contributed by atoms with Crippen LogP contribution in [0.25, 0.3) is 0 Å². The van der Waals surface area contributed by atoms with Crippen molar-refractivity contribution >= 4 is 11.9 Å². The van der Waals surface area contributed by atoms with E-state index in [1.807, 2.05) is 0 Å². The summed E-state index contributed by atoms with van der Waals surface area (Å²) in [5.41, 5.74) is 0. The van der Waals surface area contributed by atoms with E-state index >= 15 is 0 Å². The van der Waals surface area contributed by atoms with E-state index in [4.69, 9.17) is 5.11 Å². The molecule has 0 bridgehead atoms. The first kappa shape index (κ1) is 14.3. The molecule has 2 aliphatic rings. The third-order valence-electron chi connectivity index (χ3n) is 4.01. The molecule has 2 fully saturated rings. The SMILES string of the molecule is O=C(O)CCNC(=O)C1CCCN1C1CCNCC1. The zero-order chi connectivity index (χ0) is 13.7. The van der Waals surface area contributed by atoms with Crippen LogP contribution in [0.3, 0.4) is 0 Å². The van der Waals surface area contributed by atoms with Crippen LogP contribution in [0.5, 0.6) is 0 Å². The van der Waals surface area contributed by atoms with E-state index in [-0.39, 0.29) is 24.9 Å². The van der Waals surface area contributed by atoms with Gasteiger partial charge in [0.15, 0.2) is 0 Å². The molecule has 1 atom stereocenters. The number of amides is 1. The summed E-state index contributed by atoms with van der Waals surface area (Å²) in [5, 5.41) is 14.7. The minimum absolute atomic E-state index is 0.00252. The van der Waals surface area contributed by atoms with Gasteiger partial charge in [-0.05, 0) is 45.3 Å². The van der Waals surface area contributed by atoms with Crippen LogP contribution in [-0.4, -0.2) is 60.1 Å². The van der Waals surface area contributed by atoms with Crippen molar-refractivity contribution in [2.45, 2.75) is 44.2 Å². The molecule has 0 aromatic rings. The van der Waals surface area contributed by atoms with Crippen LogP contribution < -0.4 is 10.6 Å². The van der Waals surface area contributed by atoms with Crippen LogP contribution in [0.2, 0.25) is 0 Å². The van der Waals surface area contributed by atoms with E-state index in [9.17, 15) is 9.59 Å². The average Bonchev–Trinajstić information content (AvgIpc) is 2.88. The topological polar surface area (TPSA) is 81.7 Å². The number of carbonyl (C=O) groups is 2. The zero-order valence-electron chi connectivity index (χ0n) is 11.2. The Bertz CT molecular complexity index is 329. The maximum absolute atomic E-state index is 12.1. The molecule has 0 aliphatic carbocycles. The lowest BCUT2D eigenvalue weighted by Gasteiger charge is -2.35. The van der Waals surface area contributed by atoms with Crippen molar-refractivity contribution in [1.82, 2.24) is 15.5 Å². The standard InChI is InChI=1S/C13H23N3O3/c17-12(18)5-8-15-13(19)11-2-1-9-16(11)10-3-6-14-7-4-10/h10-11,14H,1-9H2,(H,15,19)(H,17,18). The van der Waals surface area contributed by atoms with Gasteiger partial charge in [0.1, 0.15) is 0 Å². The van der Waals surface area contributed by atoms with Crippen molar-refractivity contribution in [2.75, 3.05) is 26.2 Å². The molecule has 3 N–H and O–H groups in total. The number of carbonyl (C=O) groups excluding carboxylic acids is 1. The summed E-state index contributed by atoms with van der Waals surface area (Å²) in [5.74, 6) is -0.876. The zero-order valence-corrected chi connectivity index (χ0v) is 11.2. The van der Waals surface area contributed by atoms with Gasteiger partial charge in [0.2, 0.25) is 5.91 Å². The van der Waals surface area contributed by atoms with Gasteiger partial charge in [0.25, 0.3) is 0 Å². The summed E-state index contributed by atoms with van der Waals surface area (Å²) in [4.78, 5) is 24.9. The van der Waals surface area contributed by atoms with E-state index < -0.39 is 5.97 Å². The summed E-state index contributed by atoms with van der Waals surface area (Å²) in [7, 11) is 0. The van der Waals surface area contributed by atoms with Gasteiger partial charge in [-0.3, -0.25) is 14.5 Å². The van der Waals surface area contributed by atoms with Crippen molar-refractivity contribution in [1.29, 1.82) is 0 Å². The Morgan fingerprint density at radius 1 is 1.26 bits per heavy atom. The molecule has 108 valence electrons. The van der Waals surface area contributed by atoms with Gasteiger partial charge in [0, 0.05) is 12.6 Å². The molecule has 2 heterocycles. The molecule has 1 unspecified atom stereocenters. The first-order valence-corrected chi connectivity index (χ1v) is 7.14. The molecule has 19 heavy (non-hydrogen) atoms. The normalized spacial score (nSPS) is 25.4. The van der Waals surface area contributed by atoms with Crippen molar-refractivity contribution < 1.29 is 14.7 Å². The summed E-state index contributed by atoms with van der Waals surface area (Å²) in [6, 6.07) is 0.441. The van der Waals surface area contributed by atoms with E-state index in [1.54, 1.807) is 0 Å². The Balaban J connectivity index is 1.83. The fourth-order valence-corrected chi connectivity index (χ4v) is 3.06. The molecule has 6 heteroatoms. The number of likely N-dealkylation sites (tertiary alicyclic amines) is 1. The molecule has 2 rings (SSSR count). The lowest BCUT2D eigenvalue weighted by Crippen LogP contribution is -2.50. The summed E-state index contributed by atoms with van der Waals surface area (Å²) in [6.45, 7) is 3.26. The molecule has 1 amide bonds. The number of piperidine rings is 1. The van der Waals surface area contributed by atoms with Gasteiger partial charge in [-0.1, -0.05) is 0 Å². The molecule has 0 aromatic carbocycles. The van der Waals surface area contributed by atoms with Gasteiger partial charge in [0.05, 0.1) is 12.5 Å². The highest BCUT2D eigenvalue weighted by Crippen LogP contribution is 2.24. The Hall–Kier alpha value is -1.14. The number of nitrogens with one attached hydrogen (secondary N) is 2. The predicted octanol–water partition coefficient (Wildman–Crippen LogP) is -0.206. The summed E-state index contributed by atoms with van der Waals surface area (Å²) < 4.78 is 0. The first-order valence-electron chi connectivity index (χ1n) is 7.14. The largest absolute Gasteiger partial charge is 0.481 e. The number of hydrogen-bond acceptors (Lipinski definition) is 4. The van der Waals surface area contributed by atoms with Gasteiger partial charge in [-0.2, -0.15) is 0 Å². The second-order valence-electron chi connectivity index (χ2n) is 5.31. The molecule has 2 aliphatic heterocycles. The second kappa shape index (κ2) is 6.86. The van der Waals surface area contributed by atoms with E-state index in [2.05, 4.69) is 15.5 Å². The number of carboxylic acid groups (broad SMARTS) is 1. The Labute approximate surface area is 113 Å². The molecule has 0 saturated carbocycles. The van der Waals surface area contributed by atoms with Crippen molar-refractivity contribution in [3.63, 3.8) is 0 Å². The summed E-state index contributed by atoms with van der Waals surface area (Å²) in [6.07, 6.45) is 4.13. The maximum Gasteiger partial charge on any atom is 0.305 e. The number of aliphatic carboxylic acids is 1. The number of nitrogens with zero attached hydrogens (tertiary/aromatic N) is 1. The summed E-state index contributed by atoms with van der Waals surface area (Å²) >= 11 is 0. The van der Waals surface area contributed by atoms with Crippen LogP contribution in [0, 0.1) is 0 Å². The lowest BCUT2D eigenvalue weighted by atomic mass is 10.0. The van der Waals surface area contributed by atoms with Gasteiger partial charge in [-0.25, -0.2) is 0 Å². The predicted molar refractivity (Wildman–Crippen MR) is 70.9 cm³/mol. The fraction of sp³-hybridized carbons (Fsp3) is 0.846. The highest BCUT2D eigenvalue weighted by atomic mass is 16.4. The van der Waals surface area contributed by atoms with E-state index in [0.29, 0.717) is 6.04 Å². The average molecular weight is 269 g/mol. The molecule has 0 radical (unpaired) electrons. The first-order chi connectivity index (χ1) is 9.18. The number of carboxylic acids is 1. The van der Waals surface area contributed by atoms with Crippen molar-refractivity contribution in [2.24, 2.45) is 0 Å². The van der Waals surface area contributed by atoms with E-state index in [0.717, 1.165) is 45.3 Å². The van der Waals surface area contributed by atoms with Crippen LogP contribution in [-0.2, 0) is 9.59 Å². The third kappa shape index (κ3) is 3.91. The Kier molecular flexibility index (Phi) is 5.15. The fourth-order valence-electron chi connectivity index (χ4n) is 3.06. The van der Waals surface area contributed by atoms with Crippen LogP contribution in [0.15, 0.2) is 0 Å². The second-order valence-corrected chi connectivity index (χ2v) is 5.31.